The molecule has 3 atom stereocenters. The molecule has 14 aromatic rings. The summed E-state index contributed by atoms with van der Waals surface area (Å²) in [5.74, 6) is 0. The lowest BCUT2D eigenvalue weighted by Gasteiger charge is -2.42. The molecule has 3 unspecified atom stereocenters. The van der Waals surface area contributed by atoms with Gasteiger partial charge in [0.15, 0.2) is 0 Å². The lowest BCUT2D eigenvalue weighted by molar-refractivity contribution is 1.04. The smallest absolute Gasteiger partial charge is 0.0641 e. The Kier molecular flexibility index (Phi) is 8.92. The minimum absolute atomic E-state index is 0.0866. The molecule has 73 heavy (non-hydrogen) atoms. The molecule has 0 spiro atoms. The summed E-state index contributed by atoms with van der Waals surface area (Å²) in [6.45, 7) is 0. The van der Waals surface area contributed by atoms with Crippen LogP contribution in [0.3, 0.4) is 0 Å². The predicted octanol–water partition coefficient (Wildman–Crippen LogP) is 16.5. The molecule has 10 aromatic carbocycles. The number of aromatic nitrogens is 4. The molecule has 4 nitrogen and oxygen atoms in total. The quantitative estimate of drug-likeness (QED) is 0.160. The van der Waals surface area contributed by atoms with Crippen molar-refractivity contribution in [2.75, 3.05) is 0 Å². The fraction of sp³-hybridized carbons (Fsp3) is 0.0303. The largest absolute Gasteiger partial charge is 0.309 e. The minimum atomic E-state index is -2.43. The first-order chi connectivity index (χ1) is 36.1. The molecule has 16 rings (SSSR count). The molecule has 0 radical (unpaired) electrons. The van der Waals surface area contributed by atoms with Gasteiger partial charge in [-0.2, -0.15) is 0 Å². The maximum atomic E-state index is 7.29. The number of fused-ring (bicyclic) bond motifs is 16. The fourth-order valence-corrected chi connectivity index (χ4v) is 20.1. The van der Waals surface area contributed by atoms with Crippen LogP contribution in [0.4, 0.5) is 0 Å². The highest BCUT2D eigenvalue weighted by atomic mass is 32.4. The number of benzene rings is 10. The van der Waals surface area contributed by atoms with Crippen LogP contribution >= 0.6 is 17.8 Å². The van der Waals surface area contributed by atoms with Crippen LogP contribution in [0.1, 0.15) is 0 Å². The highest BCUT2D eigenvalue weighted by Gasteiger charge is 2.43. The molecular weight excluding hydrogens is 944 g/mol. The molecule has 0 fully saturated rings. The van der Waals surface area contributed by atoms with E-state index in [9.17, 15) is 0 Å². The normalized spacial score (nSPS) is 17.7. The Balaban J connectivity index is 0.931. The molecule has 2 aliphatic rings. The van der Waals surface area contributed by atoms with Gasteiger partial charge in [0.05, 0.1) is 44.1 Å². The average molecular weight is 987 g/mol. The summed E-state index contributed by atoms with van der Waals surface area (Å²) >= 11 is 9.28. The highest BCUT2D eigenvalue weighted by molar-refractivity contribution is 8.23. The second kappa shape index (κ2) is 15.7. The van der Waals surface area contributed by atoms with E-state index in [2.05, 4.69) is 267 Å². The molecule has 0 bridgehead atoms. The summed E-state index contributed by atoms with van der Waals surface area (Å²) in [5.41, 5.74) is 14.4. The lowest BCUT2D eigenvalue weighted by atomic mass is 10.1. The van der Waals surface area contributed by atoms with E-state index in [1.54, 1.807) is 0 Å². The van der Waals surface area contributed by atoms with Gasteiger partial charge in [-0.1, -0.05) is 176 Å². The first-order valence-electron chi connectivity index (χ1n) is 25.0. The third-order valence-electron chi connectivity index (χ3n) is 15.7. The van der Waals surface area contributed by atoms with Crippen molar-refractivity contribution in [3.05, 3.63) is 249 Å². The summed E-state index contributed by atoms with van der Waals surface area (Å²) < 4.78 is 9.94. The van der Waals surface area contributed by atoms with Crippen LogP contribution in [-0.4, -0.2) is 29.2 Å². The van der Waals surface area contributed by atoms with Crippen LogP contribution in [0.5, 0.6) is 0 Å². The van der Waals surface area contributed by atoms with Crippen LogP contribution in [0.2, 0.25) is 0 Å². The van der Waals surface area contributed by atoms with E-state index in [0.29, 0.717) is 0 Å². The number of hydrogen-bond donors (Lipinski definition) is 0. The van der Waals surface area contributed by atoms with E-state index in [4.69, 9.17) is 11.8 Å². The number of allylic oxidation sites excluding steroid dienone is 3. The Morgan fingerprint density at radius 3 is 1.41 bits per heavy atom. The maximum absolute atomic E-state index is 7.29. The number of thioether (sulfide) groups is 1. The highest BCUT2D eigenvalue weighted by Crippen LogP contribution is 2.61. The molecule has 0 N–H and O–H groups in total. The zero-order valence-corrected chi connectivity index (χ0v) is 41.9. The van der Waals surface area contributed by atoms with Gasteiger partial charge in [0, 0.05) is 93.0 Å². The van der Waals surface area contributed by atoms with Gasteiger partial charge in [0.25, 0.3) is 0 Å². The van der Waals surface area contributed by atoms with Crippen molar-refractivity contribution in [3.63, 3.8) is 0 Å². The topological polar surface area (TPSA) is 19.7 Å². The first-order valence-corrected chi connectivity index (χ1v) is 28.8. The lowest BCUT2D eigenvalue weighted by Crippen LogP contribution is -2.37. The van der Waals surface area contributed by atoms with Gasteiger partial charge in [0.2, 0.25) is 0 Å². The number of para-hydroxylation sites is 6. The van der Waals surface area contributed by atoms with Gasteiger partial charge in [-0.15, -0.1) is 11.8 Å². The zero-order valence-electron chi connectivity index (χ0n) is 39.4. The van der Waals surface area contributed by atoms with E-state index in [-0.39, 0.29) is 10.9 Å². The summed E-state index contributed by atoms with van der Waals surface area (Å²) in [4.78, 5) is 1.26. The van der Waals surface area contributed by atoms with Gasteiger partial charge in [-0.05, 0) is 90.3 Å². The average Bonchev–Trinajstić information content (AvgIpc) is 4.19. The number of hydrogen-bond acceptors (Lipinski definition) is 2. The van der Waals surface area contributed by atoms with Crippen molar-refractivity contribution in [1.82, 2.24) is 18.3 Å². The Morgan fingerprint density at radius 1 is 0.384 bits per heavy atom. The van der Waals surface area contributed by atoms with Crippen molar-refractivity contribution in [3.8, 4) is 17.1 Å². The molecule has 1 aliphatic heterocycles. The van der Waals surface area contributed by atoms with Crippen molar-refractivity contribution in [2.45, 2.75) is 15.8 Å². The van der Waals surface area contributed by atoms with Gasteiger partial charge in [-0.3, -0.25) is 0 Å². The van der Waals surface area contributed by atoms with Gasteiger partial charge in [0.1, 0.15) is 0 Å². The van der Waals surface area contributed by atoms with E-state index >= 15 is 0 Å². The summed E-state index contributed by atoms with van der Waals surface area (Å²) in [7, 11) is 0. The molecule has 5 heterocycles. The SMILES string of the molecule is S=P1(c2ccccc2)c2ccc(-n3c4ccccc4c4ccc5c(c6ccccc6n5-c5ccccc5)c43)cc2SC2C=C(n3c4ccccc4c4ccc5c(c6ccccc6n5-c5ccccc5)c43)C=CC21. The van der Waals surface area contributed by atoms with Crippen LogP contribution in [0, 0.1) is 0 Å². The van der Waals surface area contributed by atoms with E-state index < -0.39 is 6.04 Å². The van der Waals surface area contributed by atoms with E-state index in [1.807, 2.05) is 11.8 Å². The summed E-state index contributed by atoms with van der Waals surface area (Å²) in [6, 6.07) is 82.4. The van der Waals surface area contributed by atoms with Crippen LogP contribution < -0.4 is 10.6 Å². The fourth-order valence-electron chi connectivity index (χ4n) is 12.8. The second-order valence-corrected chi connectivity index (χ2v) is 25.3. The van der Waals surface area contributed by atoms with Crippen molar-refractivity contribution in [1.29, 1.82) is 0 Å². The van der Waals surface area contributed by atoms with Crippen molar-refractivity contribution >= 4 is 133 Å². The van der Waals surface area contributed by atoms with Crippen LogP contribution in [0.25, 0.3) is 110 Å². The third-order valence-corrected chi connectivity index (χ3v) is 22.8. The molecule has 1 aliphatic carbocycles. The van der Waals surface area contributed by atoms with Crippen LogP contribution in [0.15, 0.2) is 254 Å². The Labute approximate surface area is 430 Å². The van der Waals surface area contributed by atoms with Gasteiger partial charge in [-0.25, -0.2) is 0 Å². The molecule has 7 heteroatoms. The summed E-state index contributed by atoms with van der Waals surface area (Å²) in [6.07, 6.45) is 7.43. The van der Waals surface area contributed by atoms with Gasteiger partial charge >= 0.3 is 0 Å². The monoisotopic (exact) mass is 986 g/mol. The van der Waals surface area contributed by atoms with E-state index in [1.165, 1.54) is 108 Å². The molecular formula is C66H43N4PS2. The minimum Gasteiger partial charge on any atom is -0.309 e. The Bertz CT molecular complexity index is 4750. The van der Waals surface area contributed by atoms with E-state index in [0.717, 1.165) is 17.1 Å². The molecule has 4 aromatic heterocycles. The third kappa shape index (κ3) is 5.77. The number of rotatable bonds is 5. The van der Waals surface area contributed by atoms with Gasteiger partial charge < -0.3 is 18.3 Å². The Morgan fingerprint density at radius 2 is 0.849 bits per heavy atom. The zero-order chi connectivity index (χ0) is 47.9. The second-order valence-electron chi connectivity index (χ2n) is 19.5. The van der Waals surface area contributed by atoms with Crippen molar-refractivity contribution < 1.29 is 0 Å². The van der Waals surface area contributed by atoms with Crippen molar-refractivity contribution in [2.24, 2.45) is 0 Å². The number of nitrogens with zero attached hydrogens (tertiary/aromatic N) is 4. The predicted molar refractivity (Wildman–Crippen MR) is 316 cm³/mol. The Hall–Kier alpha value is -8.12. The summed E-state index contributed by atoms with van der Waals surface area (Å²) in [5, 5.41) is 12.6. The molecule has 344 valence electrons. The molecule has 0 saturated heterocycles. The molecule has 0 amide bonds. The maximum Gasteiger partial charge on any atom is 0.0641 e. The first kappa shape index (κ1) is 41.5. The van der Waals surface area contributed by atoms with Crippen LogP contribution in [-0.2, 0) is 11.8 Å². The standard InChI is InChI=1S/C66H43N4PS2/c72-71(46-22-8-3-9-23-46)59-38-32-44(69-53-28-14-10-24-47(53)49-34-36-57-63(65(49)69)51-26-12-16-30-55(51)67(57)42-18-4-1-5-19-42)40-61(59)73-62-41-45(33-39-60(62)71)70-54-29-15-11-25-48(54)50-35-37-58-64(66(50)70)52-27-13-17-31-56(52)68(58)43-20-6-2-7-21-43/h1-41,59,61H. The molecule has 0 saturated carbocycles.